The maximum absolute atomic E-state index is 10.8. The van der Waals surface area contributed by atoms with Crippen molar-refractivity contribution in [2.75, 3.05) is 0 Å². The Morgan fingerprint density at radius 2 is 1.69 bits per heavy atom. The van der Waals surface area contributed by atoms with Crippen LogP contribution < -0.4 is 0 Å². The Morgan fingerprint density at radius 3 is 2.08 bits per heavy atom. The Bertz CT molecular complexity index is 181. The Hall–Kier alpha value is -0.570. The van der Waals surface area contributed by atoms with E-state index in [4.69, 9.17) is 5.11 Å². The second-order valence-electron chi connectivity index (χ2n) is 4.08. The van der Waals surface area contributed by atoms with Crippen molar-refractivity contribution in [2.24, 2.45) is 5.92 Å². The van der Waals surface area contributed by atoms with Crippen LogP contribution in [0.15, 0.2) is 0 Å². The molecule has 1 unspecified atom stereocenters. The molecule has 0 spiro atoms. The van der Waals surface area contributed by atoms with Gasteiger partial charge in [-0.05, 0) is 19.8 Å². The average molecular weight is 186 g/mol. The van der Waals surface area contributed by atoms with E-state index in [0.717, 1.165) is 25.7 Å². The fourth-order valence-corrected chi connectivity index (χ4v) is 2.00. The fraction of sp³-hybridized carbons (Fsp3) is 0.900. The third-order valence-corrected chi connectivity index (χ3v) is 3.15. The Labute approximate surface area is 78.8 Å². The molecule has 13 heavy (non-hydrogen) atoms. The van der Waals surface area contributed by atoms with E-state index in [1.165, 1.54) is 0 Å². The van der Waals surface area contributed by atoms with Gasteiger partial charge in [0, 0.05) is 0 Å². The van der Waals surface area contributed by atoms with E-state index in [1.807, 2.05) is 0 Å². The van der Waals surface area contributed by atoms with Gasteiger partial charge in [-0.2, -0.15) is 0 Å². The summed E-state index contributed by atoms with van der Waals surface area (Å²) in [4.78, 5) is 10.8. The monoisotopic (exact) mass is 186 g/mol. The van der Waals surface area contributed by atoms with Crippen molar-refractivity contribution in [1.82, 2.24) is 0 Å². The highest BCUT2D eigenvalue weighted by atomic mass is 16.4. The van der Waals surface area contributed by atoms with Crippen molar-refractivity contribution >= 4 is 5.97 Å². The van der Waals surface area contributed by atoms with Gasteiger partial charge in [0.2, 0.25) is 0 Å². The Kier molecular flexibility index (Phi) is 3.31. The third kappa shape index (κ3) is 2.44. The molecule has 3 nitrogen and oxygen atoms in total. The summed E-state index contributed by atoms with van der Waals surface area (Å²) < 4.78 is 0. The van der Waals surface area contributed by atoms with Crippen molar-refractivity contribution in [3.8, 4) is 0 Å². The van der Waals surface area contributed by atoms with Gasteiger partial charge in [0.25, 0.3) is 0 Å². The van der Waals surface area contributed by atoms with Crippen LogP contribution in [0.4, 0.5) is 0 Å². The number of hydrogen-bond donors (Lipinski definition) is 2. The summed E-state index contributed by atoms with van der Waals surface area (Å²) in [5.74, 6) is -1.52. The van der Waals surface area contributed by atoms with Crippen LogP contribution >= 0.6 is 0 Å². The first-order chi connectivity index (χ1) is 6.06. The molecule has 2 N–H and O–H groups in total. The van der Waals surface area contributed by atoms with Crippen LogP contribution in [0.5, 0.6) is 0 Å². The van der Waals surface area contributed by atoms with E-state index >= 15 is 0 Å². The highest BCUT2D eigenvalue weighted by molar-refractivity contribution is 5.71. The van der Waals surface area contributed by atoms with E-state index in [9.17, 15) is 9.90 Å². The molecule has 76 valence electrons. The summed E-state index contributed by atoms with van der Waals surface area (Å²) in [5, 5.41) is 18.9. The maximum Gasteiger partial charge on any atom is 0.309 e. The summed E-state index contributed by atoms with van der Waals surface area (Å²) in [5.41, 5.74) is -0.956. The third-order valence-electron chi connectivity index (χ3n) is 3.15. The molecule has 0 aromatic rings. The number of carboxylic acid groups (broad SMARTS) is 1. The van der Waals surface area contributed by atoms with Crippen LogP contribution in [0.1, 0.15) is 45.4 Å². The maximum atomic E-state index is 10.8. The number of hydrogen-bond acceptors (Lipinski definition) is 2. The molecule has 0 bridgehead atoms. The topological polar surface area (TPSA) is 57.5 Å². The number of carbonyl (C=O) groups is 1. The van der Waals surface area contributed by atoms with Crippen molar-refractivity contribution in [1.29, 1.82) is 0 Å². The van der Waals surface area contributed by atoms with Gasteiger partial charge in [-0.25, -0.2) is 0 Å². The summed E-state index contributed by atoms with van der Waals surface area (Å²) in [6, 6.07) is 0. The molecule has 1 aliphatic carbocycles. The largest absolute Gasteiger partial charge is 0.481 e. The summed E-state index contributed by atoms with van der Waals surface area (Å²) in [6.07, 6.45) is 5.42. The zero-order valence-electron chi connectivity index (χ0n) is 8.12. The lowest BCUT2D eigenvalue weighted by molar-refractivity contribution is -0.151. The van der Waals surface area contributed by atoms with Gasteiger partial charge in [-0.15, -0.1) is 0 Å². The van der Waals surface area contributed by atoms with Gasteiger partial charge < -0.3 is 10.2 Å². The summed E-state index contributed by atoms with van der Waals surface area (Å²) in [6.45, 7) is 1.60. The van der Waals surface area contributed by atoms with E-state index in [0.29, 0.717) is 12.8 Å². The molecule has 1 saturated carbocycles. The van der Waals surface area contributed by atoms with Crippen LogP contribution in [0, 0.1) is 5.92 Å². The SMILES string of the molecule is CC(C(=O)O)C1(O)CCCCCC1. The Balaban J connectivity index is 2.65. The lowest BCUT2D eigenvalue weighted by Gasteiger charge is -2.30. The molecule has 0 amide bonds. The lowest BCUT2D eigenvalue weighted by atomic mass is 9.82. The van der Waals surface area contributed by atoms with E-state index in [1.54, 1.807) is 6.92 Å². The fourth-order valence-electron chi connectivity index (χ4n) is 2.00. The second kappa shape index (κ2) is 4.09. The van der Waals surface area contributed by atoms with Crippen molar-refractivity contribution in [3.05, 3.63) is 0 Å². The summed E-state index contributed by atoms with van der Waals surface area (Å²) in [7, 11) is 0. The minimum absolute atomic E-state index is 0.634. The zero-order valence-corrected chi connectivity index (χ0v) is 8.12. The van der Waals surface area contributed by atoms with E-state index in [-0.39, 0.29) is 0 Å². The molecule has 0 aromatic heterocycles. The number of carboxylic acids is 1. The van der Waals surface area contributed by atoms with E-state index in [2.05, 4.69) is 0 Å². The average Bonchev–Trinajstić information content (AvgIpc) is 2.29. The molecular formula is C10H18O3. The molecule has 0 aliphatic heterocycles. The molecule has 1 fully saturated rings. The lowest BCUT2D eigenvalue weighted by Crippen LogP contribution is -2.40. The number of aliphatic hydroxyl groups is 1. The first kappa shape index (κ1) is 10.5. The molecule has 1 aliphatic rings. The van der Waals surface area contributed by atoms with Crippen LogP contribution in [0.2, 0.25) is 0 Å². The quantitative estimate of drug-likeness (QED) is 0.646. The highest BCUT2D eigenvalue weighted by Crippen LogP contribution is 2.33. The molecular weight excluding hydrogens is 168 g/mol. The van der Waals surface area contributed by atoms with Gasteiger partial charge in [-0.1, -0.05) is 25.7 Å². The zero-order chi connectivity index (χ0) is 9.90. The smallest absolute Gasteiger partial charge is 0.309 e. The predicted molar refractivity (Wildman–Crippen MR) is 49.5 cm³/mol. The summed E-state index contributed by atoms with van der Waals surface area (Å²) >= 11 is 0. The number of aliphatic carboxylic acids is 1. The molecule has 1 atom stereocenters. The van der Waals surface area contributed by atoms with Crippen LogP contribution in [-0.2, 0) is 4.79 Å². The second-order valence-corrected chi connectivity index (χ2v) is 4.08. The molecule has 0 heterocycles. The molecule has 0 saturated heterocycles. The minimum Gasteiger partial charge on any atom is -0.481 e. The van der Waals surface area contributed by atoms with Gasteiger partial charge in [0.05, 0.1) is 11.5 Å². The van der Waals surface area contributed by atoms with Crippen LogP contribution in [0.25, 0.3) is 0 Å². The van der Waals surface area contributed by atoms with E-state index < -0.39 is 17.5 Å². The van der Waals surface area contributed by atoms with Crippen molar-refractivity contribution < 1.29 is 15.0 Å². The normalized spacial score (nSPS) is 24.8. The van der Waals surface area contributed by atoms with Crippen molar-refractivity contribution in [3.63, 3.8) is 0 Å². The number of rotatable bonds is 2. The predicted octanol–water partition coefficient (Wildman–Crippen LogP) is 1.79. The molecule has 3 heteroatoms. The standard InChI is InChI=1S/C10H18O3/c1-8(9(11)12)10(13)6-4-2-3-5-7-10/h8,13H,2-7H2,1H3,(H,11,12). The molecule has 1 rings (SSSR count). The molecule has 0 radical (unpaired) electrons. The first-order valence-corrected chi connectivity index (χ1v) is 5.01. The molecule has 0 aromatic carbocycles. The van der Waals surface area contributed by atoms with Crippen LogP contribution in [-0.4, -0.2) is 21.8 Å². The highest BCUT2D eigenvalue weighted by Gasteiger charge is 2.38. The van der Waals surface area contributed by atoms with Gasteiger partial charge in [0.1, 0.15) is 0 Å². The first-order valence-electron chi connectivity index (χ1n) is 5.01. The van der Waals surface area contributed by atoms with Gasteiger partial charge in [-0.3, -0.25) is 4.79 Å². The minimum atomic E-state index is -0.956. The Morgan fingerprint density at radius 1 is 1.23 bits per heavy atom. The van der Waals surface area contributed by atoms with Gasteiger partial charge in [0.15, 0.2) is 0 Å². The van der Waals surface area contributed by atoms with Gasteiger partial charge >= 0.3 is 5.97 Å². The van der Waals surface area contributed by atoms with Crippen molar-refractivity contribution in [2.45, 2.75) is 51.0 Å². The van der Waals surface area contributed by atoms with Crippen LogP contribution in [0.3, 0.4) is 0 Å².